The van der Waals surface area contributed by atoms with Crippen molar-refractivity contribution in [3.8, 4) is 0 Å². The molecule has 2 aromatic carbocycles. The molecule has 4 nitrogen and oxygen atoms in total. The third-order valence-electron chi connectivity index (χ3n) is 4.00. The van der Waals surface area contributed by atoms with Crippen LogP contribution in [0.2, 0.25) is 5.02 Å². The Labute approximate surface area is 159 Å². The van der Waals surface area contributed by atoms with Crippen molar-refractivity contribution in [3.63, 3.8) is 0 Å². The van der Waals surface area contributed by atoms with E-state index in [2.05, 4.69) is 31.4 Å². The highest BCUT2D eigenvalue weighted by Gasteiger charge is 2.14. The monoisotopic (exact) mass is 372 g/mol. The Bertz CT molecular complexity index is 747. The Morgan fingerprint density at radius 3 is 2.12 bits per heavy atom. The van der Waals surface area contributed by atoms with E-state index in [1.807, 2.05) is 48.5 Å². The lowest BCUT2D eigenvalue weighted by molar-refractivity contribution is -0.126. The Hall–Kier alpha value is -2.33. The molecular formula is C21H25ClN2O2. The standard InChI is InChI=1S/C21H25ClN2O2/c1-21(2,3)16-6-10-18(11-7-16)24-20(26)14-19(25)23-13-12-15-4-8-17(22)9-5-15/h4-11H,12-14H2,1-3H3,(H,23,25)(H,24,26). The zero-order chi connectivity index (χ0) is 19.2. The molecule has 138 valence electrons. The van der Waals surface area contributed by atoms with E-state index in [1.54, 1.807) is 0 Å². The van der Waals surface area contributed by atoms with E-state index in [0.717, 1.165) is 5.56 Å². The highest BCUT2D eigenvalue weighted by atomic mass is 35.5. The van der Waals surface area contributed by atoms with Crippen molar-refractivity contribution in [2.24, 2.45) is 0 Å². The predicted octanol–water partition coefficient (Wildman–Crippen LogP) is 4.33. The first-order valence-electron chi connectivity index (χ1n) is 8.65. The second-order valence-corrected chi connectivity index (χ2v) is 7.72. The topological polar surface area (TPSA) is 58.2 Å². The molecule has 0 radical (unpaired) electrons. The Morgan fingerprint density at radius 1 is 0.923 bits per heavy atom. The first kappa shape index (κ1) is 20.0. The normalized spacial score (nSPS) is 11.1. The molecule has 0 saturated carbocycles. The summed E-state index contributed by atoms with van der Waals surface area (Å²) in [6.45, 7) is 6.88. The van der Waals surface area contributed by atoms with Gasteiger partial charge in [-0.05, 0) is 47.2 Å². The molecule has 2 rings (SSSR count). The van der Waals surface area contributed by atoms with E-state index < -0.39 is 0 Å². The van der Waals surface area contributed by atoms with Crippen LogP contribution >= 0.6 is 11.6 Å². The van der Waals surface area contributed by atoms with Gasteiger partial charge in [-0.3, -0.25) is 9.59 Å². The SMILES string of the molecule is CC(C)(C)c1ccc(NC(=O)CC(=O)NCCc2ccc(Cl)cc2)cc1. The van der Waals surface area contributed by atoms with E-state index in [4.69, 9.17) is 11.6 Å². The molecule has 0 spiro atoms. The number of carbonyl (C=O) groups is 2. The van der Waals surface area contributed by atoms with Crippen LogP contribution in [0.15, 0.2) is 48.5 Å². The van der Waals surface area contributed by atoms with Gasteiger partial charge in [0.15, 0.2) is 0 Å². The second-order valence-electron chi connectivity index (χ2n) is 7.28. The molecule has 0 heterocycles. The van der Waals surface area contributed by atoms with Crippen molar-refractivity contribution >= 4 is 29.1 Å². The molecule has 0 fully saturated rings. The summed E-state index contributed by atoms with van der Waals surface area (Å²) in [7, 11) is 0. The molecule has 0 aliphatic rings. The minimum atomic E-state index is -0.322. The Kier molecular flexibility index (Phi) is 6.81. The Balaban J connectivity index is 1.74. The third-order valence-corrected chi connectivity index (χ3v) is 4.26. The van der Waals surface area contributed by atoms with Crippen LogP contribution in [0.4, 0.5) is 5.69 Å². The van der Waals surface area contributed by atoms with Gasteiger partial charge in [0.2, 0.25) is 11.8 Å². The maximum absolute atomic E-state index is 12.0. The summed E-state index contributed by atoms with van der Waals surface area (Å²) in [5, 5.41) is 6.20. The molecule has 0 unspecified atom stereocenters. The fourth-order valence-electron chi connectivity index (χ4n) is 2.46. The van der Waals surface area contributed by atoms with E-state index in [9.17, 15) is 9.59 Å². The van der Waals surface area contributed by atoms with Gasteiger partial charge in [-0.15, -0.1) is 0 Å². The minimum Gasteiger partial charge on any atom is -0.355 e. The summed E-state index contributed by atoms with van der Waals surface area (Å²) in [5.41, 5.74) is 3.03. The maximum atomic E-state index is 12.0. The van der Waals surface area contributed by atoms with Crippen molar-refractivity contribution in [2.45, 2.75) is 39.0 Å². The molecule has 2 aromatic rings. The van der Waals surface area contributed by atoms with E-state index in [1.165, 1.54) is 5.56 Å². The number of carbonyl (C=O) groups excluding carboxylic acids is 2. The number of halogens is 1. The number of hydrogen-bond donors (Lipinski definition) is 2. The summed E-state index contributed by atoms with van der Waals surface area (Å²) >= 11 is 5.84. The molecule has 0 atom stereocenters. The van der Waals surface area contributed by atoms with Crippen molar-refractivity contribution < 1.29 is 9.59 Å². The number of benzene rings is 2. The molecule has 0 bridgehead atoms. The predicted molar refractivity (Wildman–Crippen MR) is 107 cm³/mol. The van der Waals surface area contributed by atoms with Crippen LogP contribution in [0.5, 0.6) is 0 Å². The number of amides is 2. The van der Waals surface area contributed by atoms with E-state index in [0.29, 0.717) is 23.7 Å². The summed E-state index contributed by atoms with van der Waals surface area (Å²) in [6.07, 6.45) is 0.500. The van der Waals surface area contributed by atoms with E-state index in [-0.39, 0.29) is 23.7 Å². The smallest absolute Gasteiger partial charge is 0.233 e. The summed E-state index contributed by atoms with van der Waals surface area (Å²) < 4.78 is 0. The van der Waals surface area contributed by atoms with Crippen molar-refractivity contribution in [3.05, 3.63) is 64.7 Å². The summed E-state index contributed by atoms with van der Waals surface area (Å²) in [5.74, 6) is -0.611. The van der Waals surface area contributed by atoms with Crippen molar-refractivity contribution in [1.29, 1.82) is 0 Å². The van der Waals surface area contributed by atoms with Gasteiger partial charge in [-0.2, -0.15) is 0 Å². The zero-order valence-electron chi connectivity index (χ0n) is 15.4. The van der Waals surface area contributed by atoms with Gasteiger partial charge in [-0.1, -0.05) is 56.6 Å². The molecule has 2 N–H and O–H groups in total. The number of rotatable bonds is 6. The number of anilines is 1. The van der Waals surface area contributed by atoms with Crippen LogP contribution in [0.3, 0.4) is 0 Å². The molecule has 0 aliphatic heterocycles. The highest BCUT2D eigenvalue weighted by Crippen LogP contribution is 2.23. The van der Waals surface area contributed by atoms with Crippen LogP contribution in [0, 0.1) is 0 Å². The van der Waals surface area contributed by atoms with Gasteiger partial charge in [-0.25, -0.2) is 0 Å². The maximum Gasteiger partial charge on any atom is 0.233 e. The summed E-state index contributed by atoms with van der Waals surface area (Å²) in [6, 6.07) is 15.2. The minimum absolute atomic E-state index is 0.0620. The molecule has 5 heteroatoms. The number of hydrogen-bond acceptors (Lipinski definition) is 2. The zero-order valence-corrected chi connectivity index (χ0v) is 16.2. The van der Waals surface area contributed by atoms with Gasteiger partial charge in [0.1, 0.15) is 6.42 Å². The average molecular weight is 373 g/mol. The molecule has 0 saturated heterocycles. The van der Waals surface area contributed by atoms with Gasteiger partial charge in [0.25, 0.3) is 0 Å². The van der Waals surface area contributed by atoms with Gasteiger partial charge in [0, 0.05) is 17.3 Å². The quantitative estimate of drug-likeness (QED) is 0.741. The fourth-order valence-corrected chi connectivity index (χ4v) is 2.59. The molecule has 0 aliphatic carbocycles. The fraction of sp³-hybridized carbons (Fsp3) is 0.333. The molecule has 2 amide bonds. The van der Waals surface area contributed by atoms with Gasteiger partial charge < -0.3 is 10.6 Å². The van der Waals surface area contributed by atoms with Crippen LogP contribution in [-0.4, -0.2) is 18.4 Å². The highest BCUT2D eigenvalue weighted by molar-refractivity contribution is 6.30. The average Bonchev–Trinajstić information content (AvgIpc) is 2.56. The first-order chi connectivity index (χ1) is 12.2. The van der Waals surface area contributed by atoms with E-state index >= 15 is 0 Å². The lowest BCUT2D eigenvalue weighted by Crippen LogP contribution is -2.29. The van der Waals surface area contributed by atoms with Gasteiger partial charge in [0.05, 0.1) is 0 Å². The van der Waals surface area contributed by atoms with Gasteiger partial charge >= 0.3 is 0 Å². The summed E-state index contributed by atoms with van der Waals surface area (Å²) in [4.78, 5) is 23.9. The molecular weight excluding hydrogens is 348 g/mol. The molecule has 0 aromatic heterocycles. The number of nitrogens with one attached hydrogen (secondary N) is 2. The Morgan fingerprint density at radius 2 is 1.54 bits per heavy atom. The third kappa shape index (κ3) is 6.52. The molecule has 26 heavy (non-hydrogen) atoms. The largest absolute Gasteiger partial charge is 0.355 e. The van der Waals surface area contributed by atoms with Crippen molar-refractivity contribution in [2.75, 3.05) is 11.9 Å². The van der Waals surface area contributed by atoms with Crippen LogP contribution in [-0.2, 0) is 21.4 Å². The lowest BCUT2D eigenvalue weighted by atomic mass is 9.87. The second kappa shape index (κ2) is 8.86. The lowest BCUT2D eigenvalue weighted by Gasteiger charge is -2.19. The first-order valence-corrected chi connectivity index (χ1v) is 9.03. The van der Waals surface area contributed by atoms with Crippen LogP contribution in [0.1, 0.15) is 38.3 Å². The van der Waals surface area contributed by atoms with Crippen LogP contribution < -0.4 is 10.6 Å². The van der Waals surface area contributed by atoms with Crippen LogP contribution in [0.25, 0.3) is 0 Å². The van der Waals surface area contributed by atoms with Crippen molar-refractivity contribution in [1.82, 2.24) is 5.32 Å².